The van der Waals surface area contributed by atoms with Gasteiger partial charge in [-0.1, -0.05) is 12.1 Å². The van der Waals surface area contributed by atoms with Crippen LogP contribution >= 0.6 is 21.2 Å². The fourth-order valence-electron chi connectivity index (χ4n) is 0.227. The van der Waals surface area contributed by atoms with E-state index in [9.17, 15) is 0 Å². The van der Waals surface area contributed by atoms with E-state index in [2.05, 4.69) is 0 Å². The van der Waals surface area contributed by atoms with Crippen molar-refractivity contribution >= 4 is 21.2 Å². The molecule has 6 heavy (non-hydrogen) atoms. The molecule has 0 saturated carbocycles. The third-order valence-electron chi connectivity index (χ3n) is 0.425. The van der Waals surface area contributed by atoms with Crippen LogP contribution < -0.4 is 0 Å². The molecule has 0 saturated heterocycles. The third kappa shape index (κ3) is 1.54. The van der Waals surface area contributed by atoms with Crippen molar-refractivity contribution in [1.82, 2.24) is 0 Å². The molecular weight excluding hydrogens is 111 g/mol. The Hall–Kier alpha value is 0.130. The summed E-state index contributed by atoms with van der Waals surface area (Å²) in [7, 11) is 0. The van der Waals surface area contributed by atoms with Crippen LogP contribution in [0.1, 0.15) is 0 Å². The van der Waals surface area contributed by atoms with Crippen molar-refractivity contribution in [1.29, 1.82) is 0 Å². The molecule has 0 radical (unpaired) electrons. The minimum atomic E-state index is 0. The molecule has 1 aromatic rings. The molecule has 1 unspecified atom stereocenters. The first-order chi connectivity index (χ1) is 2.50. The van der Waals surface area contributed by atoms with Crippen molar-refractivity contribution in [3.05, 3.63) is 22.9 Å². The lowest BCUT2D eigenvalue weighted by Crippen LogP contribution is -1.16. The molecule has 0 spiro atoms. The zero-order chi connectivity index (χ0) is 3.54. The molecule has 0 aliphatic carbocycles. The van der Waals surface area contributed by atoms with Gasteiger partial charge in [0.05, 0.1) is 0 Å². The average molecular weight is 119 g/mol. The van der Waals surface area contributed by atoms with Crippen molar-refractivity contribution < 1.29 is 0 Å². The maximum Gasteiger partial charge on any atom is -0.00934 e. The first kappa shape index (κ1) is 6.13. The van der Waals surface area contributed by atoms with Crippen LogP contribution in [0.4, 0.5) is 0 Å². The highest BCUT2D eigenvalue weighted by Gasteiger charge is 1.58. The van der Waals surface area contributed by atoms with E-state index in [1.54, 1.807) is 11.3 Å². The molecule has 0 aliphatic rings. The fourth-order valence-corrected chi connectivity index (χ4v) is 0.680. The molecule has 2 heteroatoms. The van der Waals surface area contributed by atoms with Gasteiger partial charge in [0, 0.05) is 0 Å². The van der Waals surface area contributed by atoms with Crippen LogP contribution in [0.5, 0.6) is 0 Å². The van der Waals surface area contributed by atoms with E-state index < -0.39 is 0 Å². The zero-order valence-corrected chi connectivity index (χ0v) is 6.53. The normalized spacial score (nSPS) is 6.67. The number of hydrogen-bond donors (Lipinski definition) is 0. The molecule has 0 bridgehead atoms. The second-order valence-electron chi connectivity index (χ2n) is 0.793. The first-order valence-corrected chi connectivity index (χ1v) is 2.41. The lowest BCUT2D eigenvalue weighted by atomic mass is 10.7. The van der Waals surface area contributed by atoms with E-state index in [0.29, 0.717) is 0 Å². The van der Waals surface area contributed by atoms with E-state index in [1.807, 2.05) is 22.9 Å². The van der Waals surface area contributed by atoms with Crippen LogP contribution in [-0.2, 0) is 0 Å². The highest BCUT2D eigenvalue weighted by molar-refractivity contribution is 7.07. The standard InChI is InChI=1S/C4H4S.H3P/c1-2-4-5-3-1;/h1-4H;1H3/p+1. The smallest absolute Gasteiger partial charge is 0.00934 e. The molecule has 0 fully saturated rings. The van der Waals surface area contributed by atoms with E-state index in [4.69, 9.17) is 0 Å². The summed E-state index contributed by atoms with van der Waals surface area (Å²) >= 11 is 1.71. The van der Waals surface area contributed by atoms with Crippen molar-refractivity contribution in [3.8, 4) is 0 Å². The molecule has 0 aliphatic heterocycles. The summed E-state index contributed by atoms with van der Waals surface area (Å²) in [5.41, 5.74) is 0. The zero-order valence-electron chi connectivity index (χ0n) is 3.72. The lowest BCUT2D eigenvalue weighted by molar-refractivity contribution is 2.03. The Morgan fingerprint density at radius 2 is 1.50 bits per heavy atom. The number of rotatable bonds is 0. The highest BCUT2D eigenvalue weighted by atomic mass is 32.1. The molecule has 1 rings (SSSR count). The van der Waals surface area contributed by atoms with Gasteiger partial charge in [-0.05, 0) is 20.7 Å². The van der Waals surface area contributed by atoms with Gasteiger partial charge in [-0.2, -0.15) is 11.3 Å². The van der Waals surface area contributed by atoms with Gasteiger partial charge in [0.2, 0.25) is 0 Å². The molecule has 0 aromatic carbocycles. The summed E-state index contributed by atoms with van der Waals surface area (Å²) in [4.78, 5) is 0. The second kappa shape index (κ2) is 3.32. The van der Waals surface area contributed by atoms with Gasteiger partial charge in [-0.25, -0.2) is 0 Å². The summed E-state index contributed by atoms with van der Waals surface area (Å²) in [5, 5.41) is 4.08. The molecule has 1 atom stereocenters. The summed E-state index contributed by atoms with van der Waals surface area (Å²) in [6.45, 7) is 0. The largest absolute Gasteiger partial charge is 0.152 e. The van der Waals surface area contributed by atoms with Gasteiger partial charge >= 0.3 is 0 Å². The minimum absolute atomic E-state index is 0. The molecule has 0 amide bonds. The van der Waals surface area contributed by atoms with Gasteiger partial charge in [0.25, 0.3) is 0 Å². The quantitative estimate of drug-likeness (QED) is 0.454. The summed E-state index contributed by atoms with van der Waals surface area (Å²) in [5.74, 6) is 0. The Bertz CT molecular complexity index is 64.0. The highest BCUT2D eigenvalue weighted by Crippen LogP contribution is 1.91. The topological polar surface area (TPSA) is 0 Å². The van der Waals surface area contributed by atoms with Crippen LogP contribution in [0, 0.1) is 0 Å². The van der Waals surface area contributed by atoms with Gasteiger partial charge in [0.1, 0.15) is 0 Å². The second-order valence-corrected chi connectivity index (χ2v) is 1.61. The van der Waals surface area contributed by atoms with Crippen LogP contribution in [0.2, 0.25) is 0 Å². The Morgan fingerprint density at radius 1 is 1.00 bits per heavy atom. The monoisotopic (exact) mass is 119 g/mol. The predicted octanol–water partition coefficient (Wildman–Crippen LogP) is 1.54. The van der Waals surface area contributed by atoms with Crippen molar-refractivity contribution in [2.24, 2.45) is 0 Å². The van der Waals surface area contributed by atoms with Crippen LogP contribution in [0.3, 0.4) is 0 Å². The summed E-state index contributed by atoms with van der Waals surface area (Å²) in [6, 6.07) is 4.04. The van der Waals surface area contributed by atoms with Gasteiger partial charge in [0.15, 0.2) is 0 Å². The third-order valence-corrected chi connectivity index (χ3v) is 1.05. The Kier molecular flexibility index (Phi) is 3.40. The summed E-state index contributed by atoms with van der Waals surface area (Å²) < 4.78 is 0. The molecular formula is C4H8PS+. The van der Waals surface area contributed by atoms with E-state index >= 15 is 0 Å². The SMILES string of the molecule is [PH4+].c1ccsc1. The predicted molar refractivity (Wildman–Crippen MR) is 36.8 cm³/mol. The van der Waals surface area contributed by atoms with Crippen molar-refractivity contribution in [2.75, 3.05) is 0 Å². The Labute approximate surface area is 44.8 Å². The van der Waals surface area contributed by atoms with Crippen LogP contribution in [0.25, 0.3) is 0 Å². The molecule has 1 aromatic heterocycles. The van der Waals surface area contributed by atoms with E-state index in [-0.39, 0.29) is 9.90 Å². The van der Waals surface area contributed by atoms with Gasteiger partial charge < -0.3 is 0 Å². The maximum atomic E-state index is 2.04. The minimum Gasteiger partial charge on any atom is -0.152 e. The summed E-state index contributed by atoms with van der Waals surface area (Å²) in [6.07, 6.45) is 0. The van der Waals surface area contributed by atoms with Gasteiger partial charge in [-0.15, -0.1) is 0 Å². The van der Waals surface area contributed by atoms with Crippen LogP contribution in [0.15, 0.2) is 22.9 Å². The molecule has 0 nitrogen and oxygen atoms in total. The van der Waals surface area contributed by atoms with E-state index in [0.717, 1.165) is 0 Å². The average Bonchev–Trinajstić information content (AvgIpc) is 1.76. The number of thiophene rings is 1. The molecule has 1 heterocycles. The van der Waals surface area contributed by atoms with E-state index in [1.165, 1.54) is 0 Å². The number of hydrogen-bond acceptors (Lipinski definition) is 1. The fraction of sp³-hybridized carbons (Fsp3) is 0. The Morgan fingerprint density at radius 3 is 1.67 bits per heavy atom. The van der Waals surface area contributed by atoms with Gasteiger partial charge in [-0.3, -0.25) is 0 Å². The van der Waals surface area contributed by atoms with Crippen molar-refractivity contribution in [3.63, 3.8) is 0 Å². The Balaban J connectivity index is 0.000000250. The lowest BCUT2D eigenvalue weighted by Gasteiger charge is -1.39. The molecule has 34 valence electrons. The van der Waals surface area contributed by atoms with Crippen molar-refractivity contribution in [2.45, 2.75) is 0 Å². The van der Waals surface area contributed by atoms with Crippen LogP contribution in [-0.4, -0.2) is 0 Å². The first-order valence-electron chi connectivity index (χ1n) is 1.47. The molecule has 0 N–H and O–H groups in total. The maximum absolute atomic E-state index is 2.04.